The third-order valence-electron chi connectivity index (χ3n) is 4.07. The maximum absolute atomic E-state index is 11.8. The summed E-state index contributed by atoms with van der Waals surface area (Å²) >= 11 is 0. The van der Waals surface area contributed by atoms with Gasteiger partial charge in [0.1, 0.15) is 0 Å². The second-order valence-corrected chi connectivity index (χ2v) is 5.91. The number of unbranched alkanes of at least 4 members (excludes halogenated alkanes) is 3. The van der Waals surface area contributed by atoms with Gasteiger partial charge in [0.25, 0.3) is 0 Å². The van der Waals surface area contributed by atoms with E-state index in [1.165, 1.54) is 10.9 Å². The highest BCUT2D eigenvalue weighted by Crippen LogP contribution is 2.17. The van der Waals surface area contributed by atoms with Crippen molar-refractivity contribution in [2.75, 3.05) is 6.54 Å². The normalized spacial score (nSPS) is 10.7. The van der Waals surface area contributed by atoms with Gasteiger partial charge in [-0.05, 0) is 30.9 Å². The quantitative estimate of drug-likeness (QED) is 0.306. The SMILES string of the molecule is O=C(CCCCCCC(=O)NCCc1c[nH]c2ccccc12)NO. The van der Waals surface area contributed by atoms with E-state index in [0.717, 1.165) is 37.6 Å². The number of carbonyl (C=O) groups excluding carboxylic acids is 2. The van der Waals surface area contributed by atoms with Crippen molar-refractivity contribution in [1.82, 2.24) is 15.8 Å². The molecule has 6 heteroatoms. The number of hydroxylamine groups is 1. The van der Waals surface area contributed by atoms with Crippen molar-refractivity contribution in [3.63, 3.8) is 0 Å². The van der Waals surface area contributed by atoms with E-state index in [1.54, 1.807) is 5.48 Å². The number of carbonyl (C=O) groups is 2. The molecule has 2 rings (SSSR count). The van der Waals surface area contributed by atoms with E-state index in [-0.39, 0.29) is 11.8 Å². The van der Waals surface area contributed by atoms with E-state index < -0.39 is 0 Å². The number of aromatic amines is 1. The molecule has 1 aromatic carbocycles. The summed E-state index contributed by atoms with van der Waals surface area (Å²) in [7, 11) is 0. The minimum Gasteiger partial charge on any atom is -0.361 e. The fraction of sp³-hybridized carbons (Fsp3) is 0.444. The molecule has 6 nitrogen and oxygen atoms in total. The van der Waals surface area contributed by atoms with Crippen LogP contribution in [0.3, 0.4) is 0 Å². The second kappa shape index (κ2) is 9.72. The van der Waals surface area contributed by atoms with Crippen LogP contribution in [0.2, 0.25) is 0 Å². The van der Waals surface area contributed by atoms with Crippen molar-refractivity contribution < 1.29 is 14.8 Å². The molecule has 1 aromatic heterocycles. The Balaban J connectivity index is 1.56. The Labute approximate surface area is 141 Å². The summed E-state index contributed by atoms with van der Waals surface area (Å²) in [6.45, 7) is 0.636. The zero-order chi connectivity index (χ0) is 17.2. The van der Waals surface area contributed by atoms with Crippen LogP contribution < -0.4 is 10.8 Å². The molecule has 0 atom stereocenters. The van der Waals surface area contributed by atoms with E-state index in [0.29, 0.717) is 19.4 Å². The van der Waals surface area contributed by atoms with Crippen molar-refractivity contribution in [2.45, 2.75) is 44.9 Å². The van der Waals surface area contributed by atoms with Crippen LogP contribution >= 0.6 is 0 Å². The molecule has 0 aliphatic carbocycles. The first-order chi connectivity index (χ1) is 11.7. The number of aromatic nitrogens is 1. The predicted octanol–water partition coefficient (Wildman–Crippen LogP) is 2.67. The van der Waals surface area contributed by atoms with Crippen LogP contribution in [-0.2, 0) is 16.0 Å². The van der Waals surface area contributed by atoms with Crippen LogP contribution in [0, 0.1) is 0 Å². The molecule has 2 aromatic rings. The third-order valence-corrected chi connectivity index (χ3v) is 4.07. The highest BCUT2D eigenvalue weighted by molar-refractivity contribution is 5.83. The van der Waals surface area contributed by atoms with Gasteiger partial charge in [0, 0.05) is 36.5 Å². The first kappa shape index (κ1) is 18.0. The molecule has 0 unspecified atom stereocenters. The number of nitrogens with one attached hydrogen (secondary N) is 3. The van der Waals surface area contributed by atoms with Crippen LogP contribution in [0.25, 0.3) is 10.9 Å². The first-order valence-electron chi connectivity index (χ1n) is 8.45. The highest BCUT2D eigenvalue weighted by atomic mass is 16.5. The zero-order valence-electron chi connectivity index (χ0n) is 13.8. The Morgan fingerprint density at radius 3 is 2.46 bits per heavy atom. The van der Waals surface area contributed by atoms with Gasteiger partial charge in [-0.3, -0.25) is 14.8 Å². The second-order valence-electron chi connectivity index (χ2n) is 5.91. The maximum atomic E-state index is 11.8. The lowest BCUT2D eigenvalue weighted by Gasteiger charge is -2.05. The Kier molecular flexibility index (Phi) is 7.29. The van der Waals surface area contributed by atoms with Gasteiger partial charge >= 0.3 is 0 Å². The minimum atomic E-state index is -0.356. The zero-order valence-corrected chi connectivity index (χ0v) is 13.8. The van der Waals surface area contributed by atoms with Gasteiger partial charge < -0.3 is 10.3 Å². The largest absolute Gasteiger partial charge is 0.361 e. The van der Waals surface area contributed by atoms with Gasteiger partial charge in [-0.2, -0.15) is 0 Å². The summed E-state index contributed by atoms with van der Waals surface area (Å²) < 4.78 is 0. The standard InChI is InChI=1S/C18H25N3O3/c22-17(9-3-1-2-4-10-18(23)21-24)19-12-11-14-13-20-16-8-6-5-7-15(14)16/h5-8,13,20,24H,1-4,9-12H2,(H,19,22)(H,21,23). The molecule has 24 heavy (non-hydrogen) atoms. The van der Waals surface area contributed by atoms with E-state index in [9.17, 15) is 9.59 Å². The number of para-hydroxylation sites is 1. The van der Waals surface area contributed by atoms with Crippen LogP contribution in [0.4, 0.5) is 0 Å². The molecule has 0 fully saturated rings. The Bertz CT molecular complexity index is 666. The molecule has 0 saturated carbocycles. The topological polar surface area (TPSA) is 94.2 Å². The van der Waals surface area contributed by atoms with E-state index in [1.807, 2.05) is 24.4 Å². The van der Waals surface area contributed by atoms with Gasteiger partial charge in [-0.25, -0.2) is 5.48 Å². The molecule has 4 N–H and O–H groups in total. The van der Waals surface area contributed by atoms with Gasteiger partial charge in [0.2, 0.25) is 11.8 Å². The van der Waals surface area contributed by atoms with Crippen LogP contribution in [-0.4, -0.2) is 28.6 Å². The average Bonchev–Trinajstić information content (AvgIpc) is 3.01. The molecule has 0 spiro atoms. The Hall–Kier alpha value is -2.34. The van der Waals surface area contributed by atoms with E-state index in [2.05, 4.69) is 16.4 Å². The molecule has 1 heterocycles. The molecular weight excluding hydrogens is 306 g/mol. The third kappa shape index (κ3) is 5.70. The highest BCUT2D eigenvalue weighted by Gasteiger charge is 2.05. The Morgan fingerprint density at radius 1 is 1.00 bits per heavy atom. The number of amides is 2. The maximum Gasteiger partial charge on any atom is 0.243 e. The molecule has 130 valence electrons. The molecule has 2 amide bonds. The number of H-pyrrole nitrogens is 1. The number of hydrogen-bond acceptors (Lipinski definition) is 3. The van der Waals surface area contributed by atoms with Crippen LogP contribution in [0.1, 0.15) is 44.1 Å². The lowest BCUT2D eigenvalue weighted by molar-refractivity contribution is -0.129. The fourth-order valence-corrected chi connectivity index (χ4v) is 2.74. The number of fused-ring (bicyclic) bond motifs is 1. The van der Waals surface area contributed by atoms with Crippen molar-refractivity contribution >= 4 is 22.7 Å². The molecule has 0 aliphatic rings. The van der Waals surface area contributed by atoms with Crippen molar-refractivity contribution in [3.8, 4) is 0 Å². The summed E-state index contributed by atoms with van der Waals surface area (Å²) in [6.07, 6.45) is 7.00. The minimum absolute atomic E-state index is 0.0722. The van der Waals surface area contributed by atoms with E-state index in [4.69, 9.17) is 5.21 Å². The monoisotopic (exact) mass is 331 g/mol. The smallest absolute Gasteiger partial charge is 0.243 e. The molecular formula is C18H25N3O3. The summed E-state index contributed by atoms with van der Waals surface area (Å²) in [6, 6.07) is 8.14. The number of hydrogen-bond donors (Lipinski definition) is 4. The number of benzene rings is 1. The van der Waals surface area contributed by atoms with Crippen molar-refractivity contribution in [1.29, 1.82) is 0 Å². The average molecular weight is 331 g/mol. The van der Waals surface area contributed by atoms with Gasteiger partial charge in [0.15, 0.2) is 0 Å². The summed E-state index contributed by atoms with van der Waals surface area (Å²) in [5, 5.41) is 12.5. The molecule has 0 radical (unpaired) electrons. The van der Waals surface area contributed by atoms with Gasteiger partial charge in [-0.1, -0.05) is 31.0 Å². The summed E-state index contributed by atoms with van der Waals surface area (Å²) in [5.41, 5.74) is 3.95. The first-order valence-corrected chi connectivity index (χ1v) is 8.45. The van der Waals surface area contributed by atoms with Crippen molar-refractivity contribution in [2.24, 2.45) is 0 Å². The summed E-state index contributed by atoms with van der Waals surface area (Å²) in [5.74, 6) is -0.284. The molecule has 0 saturated heterocycles. The van der Waals surface area contributed by atoms with Gasteiger partial charge in [0.05, 0.1) is 0 Å². The predicted molar refractivity (Wildman–Crippen MR) is 92.6 cm³/mol. The van der Waals surface area contributed by atoms with Crippen LogP contribution in [0.5, 0.6) is 0 Å². The fourth-order valence-electron chi connectivity index (χ4n) is 2.74. The van der Waals surface area contributed by atoms with E-state index >= 15 is 0 Å². The molecule has 0 bridgehead atoms. The van der Waals surface area contributed by atoms with Crippen molar-refractivity contribution in [3.05, 3.63) is 36.0 Å². The lowest BCUT2D eigenvalue weighted by atomic mass is 10.1. The number of rotatable bonds is 10. The Morgan fingerprint density at radius 2 is 1.71 bits per heavy atom. The van der Waals surface area contributed by atoms with Gasteiger partial charge in [-0.15, -0.1) is 0 Å². The molecule has 0 aliphatic heterocycles. The summed E-state index contributed by atoms with van der Waals surface area (Å²) in [4.78, 5) is 25.9. The lowest BCUT2D eigenvalue weighted by Crippen LogP contribution is -2.25. The van der Waals surface area contributed by atoms with Crippen LogP contribution in [0.15, 0.2) is 30.5 Å².